The first-order valence-electron chi connectivity index (χ1n) is 7.51. The first kappa shape index (κ1) is 17.0. The van der Waals surface area contributed by atoms with Gasteiger partial charge in [-0.15, -0.1) is 10.2 Å². The second kappa shape index (κ2) is 7.35. The number of hydrogen-bond donors (Lipinski definition) is 0. The minimum absolute atomic E-state index is 0.0889. The van der Waals surface area contributed by atoms with Gasteiger partial charge in [0.15, 0.2) is 5.16 Å². The number of aryl methyl sites for hydroxylation is 1. The van der Waals surface area contributed by atoms with Crippen molar-refractivity contribution in [1.29, 1.82) is 0 Å². The Morgan fingerprint density at radius 1 is 1.12 bits per heavy atom. The van der Waals surface area contributed by atoms with Gasteiger partial charge in [0, 0.05) is 23.6 Å². The summed E-state index contributed by atoms with van der Waals surface area (Å²) >= 11 is 1.53. The molecule has 0 saturated heterocycles. The van der Waals surface area contributed by atoms with Crippen molar-refractivity contribution >= 4 is 17.4 Å². The van der Waals surface area contributed by atoms with Crippen molar-refractivity contribution in [1.82, 2.24) is 14.8 Å². The van der Waals surface area contributed by atoms with Crippen LogP contribution in [0.5, 0.6) is 5.75 Å². The molecule has 0 atom stereocenters. The molecule has 128 valence electrons. The summed E-state index contributed by atoms with van der Waals surface area (Å²) in [5.41, 5.74) is 2.03. The number of nitro benzene ring substituents is 1. The molecule has 3 rings (SSSR count). The highest BCUT2D eigenvalue weighted by Crippen LogP contribution is 2.26. The Balaban J connectivity index is 1.78. The Kier molecular flexibility index (Phi) is 4.99. The second-order valence-electron chi connectivity index (χ2n) is 5.28. The molecule has 8 heteroatoms. The topological polar surface area (TPSA) is 83.1 Å². The predicted octanol–water partition coefficient (Wildman–Crippen LogP) is 3.78. The average molecular weight is 356 g/mol. The summed E-state index contributed by atoms with van der Waals surface area (Å²) in [7, 11) is 1.63. The van der Waals surface area contributed by atoms with Crippen LogP contribution in [0, 0.1) is 17.0 Å². The number of rotatable bonds is 6. The number of ether oxygens (including phenoxy) is 1. The maximum Gasteiger partial charge on any atom is 0.269 e. The van der Waals surface area contributed by atoms with E-state index in [1.54, 1.807) is 19.2 Å². The SMILES string of the molecule is COc1ccc(-n2c(C)nnc2SCc2ccc([N+](=O)[O-])cc2)cc1. The van der Waals surface area contributed by atoms with E-state index in [0.717, 1.165) is 28.0 Å². The number of nitro groups is 1. The molecule has 7 nitrogen and oxygen atoms in total. The van der Waals surface area contributed by atoms with Crippen LogP contribution in [0.25, 0.3) is 5.69 Å². The predicted molar refractivity (Wildman–Crippen MR) is 95.3 cm³/mol. The zero-order chi connectivity index (χ0) is 17.8. The lowest BCUT2D eigenvalue weighted by atomic mass is 10.2. The largest absolute Gasteiger partial charge is 0.497 e. The van der Waals surface area contributed by atoms with Crippen molar-refractivity contribution in [2.45, 2.75) is 17.8 Å². The summed E-state index contributed by atoms with van der Waals surface area (Å²) in [5.74, 6) is 2.22. The van der Waals surface area contributed by atoms with Crippen molar-refractivity contribution in [2.75, 3.05) is 7.11 Å². The molecule has 0 aliphatic rings. The van der Waals surface area contributed by atoms with Gasteiger partial charge in [0.1, 0.15) is 11.6 Å². The summed E-state index contributed by atoms with van der Waals surface area (Å²) in [4.78, 5) is 10.3. The van der Waals surface area contributed by atoms with E-state index in [2.05, 4.69) is 10.2 Å². The van der Waals surface area contributed by atoms with Crippen molar-refractivity contribution < 1.29 is 9.66 Å². The van der Waals surface area contributed by atoms with Crippen molar-refractivity contribution in [3.05, 3.63) is 70.0 Å². The third-order valence-corrected chi connectivity index (χ3v) is 4.64. The number of aromatic nitrogens is 3. The van der Waals surface area contributed by atoms with Crippen LogP contribution in [-0.2, 0) is 5.75 Å². The monoisotopic (exact) mass is 356 g/mol. The van der Waals surface area contributed by atoms with Gasteiger partial charge in [-0.2, -0.15) is 0 Å². The van der Waals surface area contributed by atoms with E-state index in [9.17, 15) is 10.1 Å². The molecule has 0 saturated carbocycles. The van der Waals surface area contributed by atoms with Crippen molar-refractivity contribution in [3.8, 4) is 11.4 Å². The molecule has 0 N–H and O–H groups in total. The molecule has 0 amide bonds. The summed E-state index contributed by atoms with van der Waals surface area (Å²) in [6.07, 6.45) is 0. The molecule has 0 unspecified atom stereocenters. The molecular formula is C17H16N4O3S. The zero-order valence-corrected chi connectivity index (χ0v) is 14.6. The highest BCUT2D eigenvalue weighted by atomic mass is 32.2. The number of benzene rings is 2. The number of nitrogens with zero attached hydrogens (tertiary/aromatic N) is 4. The van der Waals surface area contributed by atoms with Gasteiger partial charge in [0.2, 0.25) is 0 Å². The van der Waals surface area contributed by atoms with Gasteiger partial charge >= 0.3 is 0 Å². The molecule has 2 aromatic carbocycles. The summed E-state index contributed by atoms with van der Waals surface area (Å²) < 4.78 is 7.15. The van der Waals surface area contributed by atoms with Crippen molar-refractivity contribution in [2.24, 2.45) is 0 Å². The number of hydrogen-bond acceptors (Lipinski definition) is 6. The van der Waals surface area contributed by atoms with Gasteiger partial charge in [-0.1, -0.05) is 23.9 Å². The summed E-state index contributed by atoms with van der Waals surface area (Å²) in [5, 5.41) is 19.9. The molecule has 1 heterocycles. The van der Waals surface area contributed by atoms with Crippen LogP contribution in [0.4, 0.5) is 5.69 Å². The molecule has 0 radical (unpaired) electrons. The normalized spacial score (nSPS) is 10.6. The minimum Gasteiger partial charge on any atom is -0.497 e. The van der Waals surface area contributed by atoms with E-state index in [4.69, 9.17) is 4.74 Å². The van der Waals surface area contributed by atoms with E-state index in [0.29, 0.717) is 5.75 Å². The summed E-state index contributed by atoms with van der Waals surface area (Å²) in [6, 6.07) is 14.2. The van der Waals surface area contributed by atoms with Crippen LogP contribution >= 0.6 is 11.8 Å². The molecule has 0 bridgehead atoms. The van der Waals surface area contributed by atoms with Gasteiger partial charge < -0.3 is 4.74 Å². The Morgan fingerprint density at radius 3 is 2.40 bits per heavy atom. The maximum atomic E-state index is 10.7. The fourth-order valence-electron chi connectivity index (χ4n) is 2.33. The van der Waals surface area contributed by atoms with E-state index >= 15 is 0 Å². The van der Waals surface area contributed by atoms with E-state index < -0.39 is 4.92 Å². The molecule has 0 aliphatic carbocycles. The highest BCUT2D eigenvalue weighted by Gasteiger charge is 2.12. The Bertz CT molecular complexity index is 876. The fraction of sp³-hybridized carbons (Fsp3) is 0.176. The molecule has 0 fully saturated rings. The van der Waals surface area contributed by atoms with Crippen LogP contribution in [0.1, 0.15) is 11.4 Å². The lowest BCUT2D eigenvalue weighted by Crippen LogP contribution is -1.99. The van der Waals surface area contributed by atoms with Gasteiger partial charge in [-0.3, -0.25) is 14.7 Å². The first-order valence-corrected chi connectivity index (χ1v) is 8.49. The molecule has 3 aromatic rings. The lowest BCUT2D eigenvalue weighted by molar-refractivity contribution is -0.384. The third kappa shape index (κ3) is 3.80. The highest BCUT2D eigenvalue weighted by molar-refractivity contribution is 7.98. The van der Waals surface area contributed by atoms with Gasteiger partial charge in [0.25, 0.3) is 5.69 Å². The second-order valence-corrected chi connectivity index (χ2v) is 6.22. The van der Waals surface area contributed by atoms with E-state index in [1.807, 2.05) is 35.8 Å². The Morgan fingerprint density at radius 2 is 1.80 bits per heavy atom. The average Bonchev–Trinajstić information content (AvgIpc) is 3.01. The van der Waals surface area contributed by atoms with Crippen molar-refractivity contribution in [3.63, 3.8) is 0 Å². The van der Waals surface area contributed by atoms with Crippen LogP contribution < -0.4 is 4.74 Å². The molecular weight excluding hydrogens is 340 g/mol. The first-order chi connectivity index (χ1) is 12.1. The summed E-state index contributed by atoms with van der Waals surface area (Å²) in [6.45, 7) is 1.90. The zero-order valence-electron chi connectivity index (χ0n) is 13.7. The molecule has 25 heavy (non-hydrogen) atoms. The van der Waals surface area contributed by atoms with E-state index in [1.165, 1.54) is 23.9 Å². The number of thioether (sulfide) groups is 1. The maximum absolute atomic E-state index is 10.7. The van der Waals surface area contributed by atoms with Crippen LogP contribution in [-0.4, -0.2) is 26.8 Å². The number of non-ortho nitro benzene ring substituents is 1. The number of methoxy groups -OCH3 is 1. The van der Waals surface area contributed by atoms with Crippen LogP contribution in [0.3, 0.4) is 0 Å². The standard InChI is InChI=1S/C17H16N4O3S/c1-12-18-19-17(20(12)14-7-9-16(24-2)10-8-14)25-11-13-3-5-15(6-4-13)21(22)23/h3-10H,11H2,1-2H3. The van der Waals surface area contributed by atoms with Gasteiger partial charge in [-0.05, 0) is 36.8 Å². The quantitative estimate of drug-likeness (QED) is 0.380. The molecule has 1 aromatic heterocycles. The van der Waals surface area contributed by atoms with Gasteiger partial charge in [0.05, 0.1) is 12.0 Å². The smallest absolute Gasteiger partial charge is 0.269 e. The Hall–Kier alpha value is -2.87. The van der Waals surface area contributed by atoms with Crippen LogP contribution in [0.2, 0.25) is 0 Å². The van der Waals surface area contributed by atoms with Crippen LogP contribution in [0.15, 0.2) is 53.7 Å². The minimum atomic E-state index is -0.402. The third-order valence-electron chi connectivity index (χ3n) is 3.64. The molecule has 0 aliphatic heterocycles. The molecule has 0 spiro atoms. The fourth-order valence-corrected chi connectivity index (χ4v) is 3.28. The van der Waals surface area contributed by atoms with E-state index in [-0.39, 0.29) is 5.69 Å². The lowest BCUT2D eigenvalue weighted by Gasteiger charge is -2.09. The van der Waals surface area contributed by atoms with Gasteiger partial charge in [-0.25, -0.2) is 0 Å². The Labute approximate surface area is 148 Å².